The smallest absolute Gasteiger partial charge is 0.0536 e. The summed E-state index contributed by atoms with van der Waals surface area (Å²) in [6.07, 6.45) is 6.28. The first-order valence-electron chi connectivity index (χ1n) is 4.85. The first kappa shape index (κ1) is 8.75. The molecule has 0 saturated carbocycles. The van der Waals surface area contributed by atoms with Crippen LogP contribution in [-0.4, -0.2) is 34.3 Å². The topological polar surface area (TPSA) is 21.1 Å². The predicted molar refractivity (Wildman–Crippen MR) is 51.3 cm³/mol. The van der Waals surface area contributed by atoms with Gasteiger partial charge in [0.1, 0.15) is 0 Å². The molecule has 0 aliphatic carbocycles. The van der Waals surface area contributed by atoms with Gasteiger partial charge in [-0.15, -0.1) is 0 Å². The average molecular weight is 177 g/mol. The summed E-state index contributed by atoms with van der Waals surface area (Å²) in [6.45, 7) is 10.1. The lowest BCUT2D eigenvalue weighted by Crippen LogP contribution is -2.24. The number of likely N-dealkylation sites (tertiary alicyclic amines) is 1. The fourth-order valence-corrected chi connectivity index (χ4v) is 1.75. The van der Waals surface area contributed by atoms with Crippen LogP contribution in [0.25, 0.3) is 0 Å². The number of aromatic nitrogens is 2. The van der Waals surface area contributed by atoms with E-state index in [1.807, 2.05) is 10.9 Å². The summed E-state index contributed by atoms with van der Waals surface area (Å²) in [6, 6.07) is 0. The van der Waals surface area contributed by atoms with Gasteiger partial charge >= 0.3 is 0 Å². The van der Waals surface area contributed by atoms with E-state index in [-0.39, 0.29) is 0 Å². The van der Waals surface area contributed by atoms with Gasteiger partial charge < -0.3 is 4.90 Å². The van der Waals surface area contributed by atoms with Gasteiger partial charge in [0.2, 0.25) is 0 Å². The van der Waals surface area contributed by atoms with E-state index in [4.69, 9.17) is 6.92 Å². The Labute approximate surface area is 79.3 Å². The molecule has 0 bridgehead atoms. The Morgan fingerprint density at radius 1 is 1.31 bits per heavy atom. The second-order valence-corrected chi connectivity index (χ2v) is 3.59. The van der Waals surface area contributed by atoms with Crippen molar-refractivity contribution < 1.29 is 0 Å². The van der Waals surface area contributed by atoms with Gasteiger partial charge in [-0.05, 0) is 31.5 Å². The highest BCUT2D eigenvalue weighted by atomic mass is 15.3. The summed E-state index contributed by atoms with van der Waals surface area (Å²) < 4.78 is 1.91. The summed E-state index contributed by atoms with van der Waals surface area (Å²) in [5.74, 6) is 0. The predicted octanol–water partition coefficient (Wildman–Crippen LogP) is 1.04. The van der Waals surface area contributed by atoms with E-state index in [0.717, 1.165) is 18.7 Å². The van der Waals surface area contributed by atoms with Gasteiger partial charge in [-0.25, -0.2) is 0 Å². The zero-order valence-electron chi connectivity index (χ0n) is 7.82. The molecule has 0 unspecified atom stereocenters. The van der Waals surface area contributed by atoms with Crippen LogP contribution in [0.5, 0.6) is 0 Å². The van der Waals surface area contributed by atoms with Crippen molar-refractivity contribution in [2.45, 2.75) is 19.4 Å². The molecule has 3 heteroatoms. The van der Waals surface area contributed by atoms with E-state index < -0.39 is 0 Å². The Kier molecular flexibility index (Phi) is 2.64. The quantitative estimate of drug-likeness (QED) is 0.688. The van der Waals surface area contributed by atoms with E-state index >= 15 is 0 Å². The van der Waals surface area contributed by atoms with Crippen LogP contribution in [0, 0.1) is 6.92 Å². The minimum Gasteiger partial charge on any atom is -0.301 e. The highest BCUT2D eigenvalue weighted by Gasteiger charge is 2.10. The molecule has 1 aromatic rings. The maximum atomic E-state index is 5.57. The standard InChI is InChI=1S/C10H15N3/c1-10-8-11-13(9-10)7-6-12-4-2-3-5-12/h1,8-9H,2-7H2. The average Bonchev–Trinajstić information content (AvgIpc) is 2.71. The third-order valence-electron chi connectivity index (χ3n) is 2.50. The zero-order valence-corrected chi connectivity index (χ0v) is 7.82. The molecule has 0 aromatic carbocycles. The lowest BCUT2D eigenvalue weighted by Gasteiger charge is -2.13. The Hall–Kier alpha value is -0.830. The number of rotatable bonds is 3. The minimum atomic E-state index is 0.751. The maximum absolute atomic E-state index is 5.57. The van der Waals surface area contributed by atoms with Crippen molar-refractivity contribution in [1.82, 2.24) is 14.7 Å². The molecule has 0 atom stereocenters. The Morgan fingerprint density at radius 3 is 2.69 bits per heavy atom. The number of hydrogen-bond donors (Lipinski definition) is 0. The maximum Gasteiger partial charge on any atom is 0.0536 e. The molecule has 1 saturated heterocycles. The van der Waals surface area contributed by atoms with Gasteiger partial charge in [0, 0.05) is 19.7 Å². The molecule has 70 valence electrons. The molecule has 1 aromatic heterocycles. The van der Waals surface area contributed by atoms with Crippen LogP contribution in [0.2, 0.25) is 0 Å². The molecule has 0 spiro atoms. The van der Waals surface area contributed by atoms with Gasteiger partial charge in [0.15, 0.2) is 0 Å². The van der Waals surface area contributed by atoms with E-state index in [1.165, 1.54) is 25.9 Å². The fourth-order valence-electron chi connectivity index (χ4n) is 1.75. The van der Waals surface area contributed by atoms with Crippen molar-refractivity contribution in [2.75, 3.05) is 19.6 Å². The minimum absolute atomic E-state index is 0.751. The van der Waals surface area contributed by atoms with Crippen molar-refractivity contribution >= 4 is 0 Å². The number of hydrogen-bond acceptors (Lipinski definition) is 2. The molecule has 3 nitrogen and oxygen atoms in total. The summed E-state index contributed by atoms with van der Waals surface area (Å²) in [5.41, 5.74) is 0.751. The van der Waals surface area contributed by atoms with Crippen LogP contribution in [0.15, 0.2) is 12.4 Å². The summed E-state index contributed by atoms with van der Waals surface area (Å²) in [5, 5.41) is 4.14. The van der Waals surface area contributed by atoms with Gasteiger partial charge in [-0.1, -0.05) is 0 Å². The van der Waals surface area contributed by atoms with Gasteiger partial charge in [0.05, 0.1) is 12.7 Å². The van der Waals surface area contributed by atoms with E-state index in [2.05, 4.69) is 10.00 Å². The van der Waals surface area contributed by atoms with E-state index in [9.17, 15) is 0 Å². The van der Waals surface area contributed by atoms with Crippen LogP contribution in [0.3, 0.4) is 0 Å². The molecule has 2 rings (SSSR count). The Morgan fingerprint density at radius 2 is 2.08 bits per heavy atom. The molecule has 1 fully saturated rings. The lowest BCUT2D eigenvalue weighted by molar-refractivity contribution is 0.316. The monoisotopic (exact) mass is 177 g/mol. The van der Waals surface area contributed by atoms with Gasteiger partial charge in [-0.2, -0.15) is 5.10 Å². The Balaban J connectivity index is 1.78. The normalized spacial score (nSPS) is 18.2. The fraction of sp³-hybridized carbons (Fsp3) is 0.600. The molecular formula is C10H15N3. The van der Waals surface area contributed by atoms with Crippen LogP contribution < -0.4 is 0 Å². The first-order valence-corrected chi connectivity index (χ1v) is 4.85. The largest absolute Gasteiger partial charge is 0.301 e. The molecule has 1 aliphatic rings. The van der Waals surface area contributed by atoms with Crippen molar-refractivity contribution in [1.29, 1.82) is 0 Å². The highest BCUT2D eigenvalue weighted by molar-refractivity contribution is 5.06. The van der Waals surface area contributed by atoms with Gasteiger partial charge in [0.25, 0.3) is 0 Å². The van der Waals surface area contributed by atoms with Crippen LogP contribution in [0.4, 0.5) is 0 Å². The van der Waals surface area contributed by atoms with Crippen molar-refractivity contribution in [3.05, 3.63) is 24.9 Å². The molecule has 2 heterocycles. The first-order chi connectivity index (χ1) is 6.34. The molecular weight excluding hydrogens is 162 g/mol. The summed E-state index contributed by atoms with van der Waals surface area (Å²) in [7, 11) is 0. The molecule has 1 aliphatic heterocycles. The molecule has 0 amide bonds. The molecule has 2 radical (unpaired) electrons. The number of nitrogens with zero attached hydrogens (tertiary/aromatic N) is 3. The van der Waals surface area contributed by atoms with Crippen LogP contribution in [-0.2, 0) is 6.54 Å². The second-order valence-electron chi connectivity index (χ2n) is 3.59. The Bertz CT molecular complexity index is 261. The summed E-state index contributed by atoms with van der Waals surface area (Å²) >= 11 is 0. The van der Waals surface area contributed by atoms with Crippen LogP contribution in [0.1, 0.15) is 18.4 Å². The van der Waals surface area contributed by atoms with Crippen molar-refractivity contribution in [2.24, 2.45) is 0 Å². The second kappa shape index (κ2) is 3.92. The van der Waals surface area contributed by atoms with Crippen molar-refractivity contribution in [3.8, 4) is 0 Å². The molecule has 13 heavy (non-hydrogen) atoms. The van der Waals surface area contributed by atoms with Crippen molar-refractivity contribution in [3.63, 3.8) is 0 Å². The zero-order chi connectivity index (χ0) is 9.10. The highest BCUT2D eigenvalue weighted by Crippen LogP contribution is 2.06. The summed E-state index contributed by atoms with van der Waals surface area (Å²) in [4.78, 5) is 2.47. The van der Waals surface area contributed by atoms with Gasteiger partial charge in [-0.3, -0.25) is 4.68 Å². The molecule has 0 N–H and O–H groups in total. The van der Waals surface area contributed by atoms with Crippen LogP contribution >= 0.6 is 0 Å². The van der Waals surface area contributed by atoms with E-state index in [1.54, 1.807) is 6.20 Å². The SMILES string of the molecule is [CH]c1cnn(CCN2CCCC2)c1. The lowest BCUT2D eigenvalue weighted by atomic mass is 10.4. The van der Waals surface area contributed by atoms with E-state index in [0.29, 0.717) is 0 Å². The third kappa shape index (κ3) is 2.31. The third-order valence-corrected chi connectivity index (χ3v) is 2.50.